The second kappa shape index (κ2) is 6.82. The van der Waals surface area contributed by atoms with Crippen LogP contribution in [-0.2, 0) is 0 Å². The van der Waals surface area contributed by atoms with Gasteiger partial charge < -0.3 is 5.32 Å². The van der Waals surface area contributed by atoms with E-state index in [2.05, 4.69) is 16.6 Å². The Labute approximate surface area is 127 Å². The summed E-state index contributed by atoms with van der Waals surface area (Å²) in [5.41, 5.74) is 0.469. The van der Waals surface area contributed by atoms with Crippen LogP contribution in [0.25, 0.3) is 0 Å². The Kier molecular flexibility index (Phi) is 5.37. The maximum atomic E-state index is 12.1. The molecule has 1 aliphatic carbocycles. The fraction of sp³-hybridized carbons (Fsp3) is 0.538. The van der Waals surface area contributed by atoms with E-state index in [9.17, 15) is 4.79 Å². The third kappa shape index (κ3) is 4.26. The number of aromatic nitrogens is 1. The van der Waals surface area contributed by atoms with E-state index in [0.717, 1.165) is 19.3 Å². The zero-order valence-electron chi connectivity index (χ0n) is 10.7. The number of hydrogen-bond donors (Lipinski definition) is 1. The number of pyridine rings is 1. The molecule has 0 saturated heterocycles. The number of rotatable bonds is 3. The van der Waals surface area contributed by atoms with Gasteiger partial charge in [0.15, 0.2) is 0 Å². The standard InChI is InChI=1S/C13H16Cl2N2OS/c1-19-10-4-2-3-9(7-10)16-13(18)8-5-11(14)17-12(15)6-8/h5-6,9-10H,2-4,7H2,1H3,(H,16,18). The molecule has 1 amide bonds. The summed E-state index contributed by atoms with van der Waals surface area (Å²) in [4.78, 5) is 16.0. The Balaban J connectivity index is 2.00. The summed E-state index contributed by atoms with van der Waals surface area (Å²) in [7, 11) is 0. The molecule has 1 aromatic heterocycles. The smallest absolute Gasteiger partial charge is 0.251 e. The Hall–Kier alpha value is -0.450. The van der Waals surface area contributed by atoms with Crippen LogP contribution >= 0.6 is 35.0 Å². The van der Waals surface area contributed by atoms with E-state index in [1.54, 1.807) is 0 Å². The molecular weight excluding hydrogens is 303 g/mol. The van der Waals surface area contributed by atoms with Crippen molar-refractivity contribution in [1.82, 2.24) is 10.3 Å². The molecule has 104 valence electrons. The zero-order chi connectivity index (χ0) is 13.8. The topological polar surface area (TPSA) is 42.0 Å². The molecule has 2 atom stereocenters. The lowest BCUT2D eigenvalue weighted by molar-refractivity contribution is 0.0928. The molecule has 0 bridgehead atoms. The number of carbonyl (C=O) groups excluding carboxylic acids is 1. The van der Waals surface area contributed by atoms with Gasteiger partial charge in [-0.05, 0) is 37.7 Å². The number of halogens is 2. The van der Waals surface area contributed by atoms with Gasteiger partial charge in [-0.15, -0.1) is 0 Å². The number of amides is 1. The van der Waals surface area contributed by atoms with Crippen molar-refractivity contribution in [2.24, 2.45) is 0 Å². The van der Waals surface area contributed by atoms with Gasteiger partial charge in [0.2, 0.25) is 0 Å². The molecule has 6 heteroatoms. The summed E-state index contributed by atoms with van der Waals surface area (Å²) in [6, 6.07) is 3.32. The number of nitrogens with zero attached hydrogens (tertiary/aromatic N) is 1. The largest absolute Gasteiger partial charge is 0.349 e. The quantitative estimate of drug-likeness (QED) is 0.862. The maximum absolute atomic E-state index is 12.1. The lowest BCUT2D eigenvalue weighted by atomic mass is 9.94. The van der Waals surface area contributed by atoms with Gasteiger partial charge in [0, 0.05) is 16.9 Å². The minimum atomic E-state index is -0.127. The molecule has 1 aliphatic rings. The second-order valence-electron chi connectivity index (χ2n) is 4.70. The van der Waals surface area contributed by atoms with E-state index in [0.29, 0.717) is 10.8 Å². The molecule has 0 radical (unpaired) electrons. The highest BCUT2D eigenvalue weighted by molar-refractivity contribution is 7.99. The molecule has 3 nitrogen and oxygen atoms in total. The predicted molar refractivity (Wildman–Crippen MR) is 81.3 cm³/mol. The van der Waals surface area contributed by atoms with Gasteiger partial charge >= 0.3 is 0 Å². The predicted octanol–water partition coefficient (Wildman–Crippen LogP) is 3.79. The van der Waals surface area contributed by atoms with E-state index < -0.39 is 0 Å². The summed E-state index contributed by atoms with van der Waals surface area (Å²) < 4.78 is 0. The highest BCUT2D eigenvalue weighted by atomic mass is 35.5. The van der Waals surface area contributed by atoms with Crippen LogP contribution < -0.4 is 5.32 Å². The third-order valence-electron chi connectivity index (χ3n) is 3.32. The van der Waals surface area contributed by atoms with Crippen LogP contribution in [0.15, 0.2) is 12.1 Å². The van der Waals surface area contributed by atoms with Gasteiger partial charge in [0.1, 0.15) is 10.3 Å². The molecule has 0 aromatic carbocycles. The van der Waals surface area contributed by atoms with Crippen molar-refractivity contribution in [1.29, 1.82) is 0 Å². The molecule has 2 unspecified atom stereocenters. The third-order valence-corrected chi connectivity index (χ3v) is 4.80. The molecule has 1 heterocycles. The van der Waals surface area contributed by atoms with Crippen molar-refractivity contribution in [3.05, 3.63) is 28.0 Å². The van der Waals surface area contributed by atoms with Crippen LogP contribution in [0.4, 0.5) is 0 Å². The molecule has 1 fully saturated rings. The van der Waals surface area contributed by atoms with E-state index in [4.69, 9.17) is 23.2 Å². The Bertz CT molecular complexity index is 450. The first kappa shape index (κ1) is 14.9. The number of nitrogens with one attached hydrogen (secondary N) is 1. The molecule has 2 rings (SSSR count). The molecule has 1 saturated carbocycles. The summed E-state index contributed by atoms with van der Waals surface area (Å²) in [5.74, 6) is -0.127. The molecule has 19 heavy (non-hydrogen) atoms. The lowest BCUT2D eigenvalue weighted by Gasteiger charge is -2.28. The molecule has 1 aromatic rings. The minimum absolute atomic E-state index is 0.127. The highest BCUT2D eigenvalue weighted by Gasteiger charge is 2.23. The summed E-state index contributed by atoms with van der Waals surface area (Å²) in [6.45, 7) is 0. The summed E-state index contributed by atoms with van der Waals surface area (Å²) in [6.07, 6.45) is 6.58. The molecule has 1 N–H and O–H groups in total. The van der Waals surface area contributed by atoms with Gasteiger partial charge in [0.05, 0.1) is 0 Å². The summed E-state index contributed by atoms with van der Waals surface area (Å²) in [5, 5.41) is 4.18. The van der Waals surface area contributed by atoms with Crippen molar-refractivity contribution in [3.63, 3.8) is 0 Å². The van der Waals surface area contributed by atoms with E-state index in [-0.39, 0.29) is 22.3 Å². The van der Waals surface area contributed by atoms with Gasteiger partial charge in [-0.2, -0.15) is 11.8 Å². The SMILES string of the molecule is CSC1CCCC(NC(=O)c2cc(Cl)nc(Cl)c2)C1. The average Bonchev–Trinajstić information content (AvgIpc) is 2.37. The fourth-order valence-corrected chi connectivity index (χ4v) is 3.64. The van der Waals surface area contributed by atoms with Crippen molar-refractivity contribution < 1.29 is 4.79 Å². The van der Waals surface area contributed by atoms with Crippen LogP contribution in [0, 0.1) is 0 Å². The van der Waals surface area contributed by atoms with Crippen molar-refractivity contribution in [2.75, 3.05) is 6.26 Å². The monoisotopic (exact) mass is 318 g/mol. The maximum Gasteiger partial charge on any atom is 0.251 e. The number of thioether (sulfide) groups is 1. The Morgan fingerprint density at radius 1 is 1.37 bits per heavy atom. The molecular formula is C13H16Cl2N2OS. The van der Waals surface area contributed by atoms with Crippen LogP contribution in [0.5, 0.6) is 0 Å². The van der Waals surface area contributed by atoms with Gasteiger partial charge in [-0.25, -0.2) is 4.98 Å². The van der Waals surface area contributed by atoms with Crippen molar-refractivity contribution in [2.45, 2.75) is 37.0 Å². The first-order valence-corrected chi connectivity index (χ1v) is 8.29. The first-order valence-electron chi connectivity index (χ1n) is 6.25. The zero-order valence-corrected chi connectivity index (χ0v) is 13.0. The van der Waals surface area contributed by atoms with Gasteiger partial charge in [-0.1, -0.05) is 29.6 Å². The Morgan fingerprint density at radius 3 is 2.68 bits per heavy atom. The number of carbonyl (C=O) groups is 1. The van der Waals surface area contributed by atoms with Crippen molar-refractivity contribution in [3.8, 4) is 0 Å². The molecule has 0 spiro atoms. The van der Waals surface area contributed by atoms with Crippen LogP contribution in [0.1, 0.15) is 36.0 Å². The van der Waals surface area contributed by atoms with E-state index in [1.165, 1.54) is 18.6 Å². The highest BCUT2D eigenvalue weighted by Crippen LogP contribution is 2.27. The lowest BCUT2D eigenvalue weighted by Crippen LogP contribution is -2.39. The van der Waals surface area contributed by atoms with Crippen molar-refractivity contribution >= 4 is 40.9 Å². The van der Waals surface area contributed by atoms with Gasteiger partial charge in [0.25, 0.3) is 5.91 Å². The fourth-order valence-electron chi connectivity index (χ4n) is 2.35. The van der Waals surface area contributed by atoms with E-state index in [1.807, 2.05) is 11.8 Å². The van der Waals surface area contributed by atoms with Crippen LogP contribution in [0.3, 0.4) is 0 Å². The molecule has 0 aliphatic heterocycles. The van der Waals surface area contributed by atoms with Crippen LogP contribution in [-0.4, -0.2) is 28.4 Å². The van der Waals surface area contributed by atoms with E-state index >= 15 is 0 Å². The first-order chi connectivity index (χ1) is 9.08. The number of hydrogen-bond acceptors (Lipinski definition) is 3. The van der Waals surface area contributed by atoms with Gasteiger partial charge in [-0.3, -0.25) is 4.79 Å². The van der Waals surface area contributed by atoms with Crippen LogP contribution in [0.2, 0.25) is 10.3 Å². The Morgan fingerprint density at radius 2 is 2.05 bits per heavy atom. The average molecular weight is 319 g/mol. The normalized spacial score (nSPS) is 23.1. The second-order valence-corrected chi connectivity index (χ2v) is 6.61. The summed E-state index contributed by atoms with van der Waals surface area (Å²) >= 11 is 13.5. The minimum Gasteiger partial charge on any atom is -0.349 e.